The number of amides is 3. The highest BCUT2D eigenvalue weighted by Crippen LogP contribution is 2.05. The lowest BCUT2D eigenvalue weighted by atomic mass is 10.1. The number of ether oxygens (including phenoxy) is 1. The lowest BCUT2D eigenvalue weighted by molar-refractivity contribution is -0.128. The zero-order chi connectivity index (χ0) is 19.4. The summed E-state index contributed by atoms with van der Waals surface area (Å²) in [6, 6.07) is 7.72. The molecule has 3 amide bonds. The molecule has 0 radical (unpaired) electrons. The highest BCUT2D eigenvalue weighted by molar-refractivity contribution is 7.98. The Morgan fingerprint density at radius 3 is 2.38 bits per heavy atom. The van der Waals surface area contributed by atoms with Gasteiger partial charge < -0.3 is 21.1 Å². The fourth-order valence-corrected chi connectivity index (χ4v) is 2.73. The van der Waals surface area contributed by atoms with Crippen molar-refractivity contribution in [2.24, 2.45) is 5.73 Å². The maximum Gasteiger partial charge on any atom is 0.408 e. The van der Waals surface area contributed by atoms with Crippen LogP contribution in [0.15, 0.2) is 30.3 Å². The van der Waals surface area contributed by atoms with Crippen LogP contribution in [-0.4, -0.2) is 42.0 Å². The Hall–Kier alpha value is -2.22. The number of carbonyl (C=O) groups is 3. The van der Waals surface area contributed by atoms with Crippen LogP contribution in [0.3, 0.4) is 0 Å². The molecule has 0 bridgehead atoms. The van der Waals surface area contributed by atoms with Crippen LogP contribution < -0.4 is 16.4 Å². The number of nitrogens with two attached hydrogens (primary N) is 1. The summed E-state index contributed by atoms with van der Waals surface area (Å²) in [6.45, 7) is 2.02. The maximum absolute atomic E-state index is 12.4. The third-order valence-electron chi connectivity index (χ3n) is 3.67. The number of nitrogens with one attached hydrogen (secondary N) is 2. The molecule has 2 atom stereocenters. The molecule has 0 saturated carbocycles. The normalized spacial score (nSPS) is 12.7. The van der Waals surface area contributed by atoms with Crippen LogP contribution in [0.1, 0.15) is 31.7 Å². The van der Waals surface area contributed by atoms with Gasteiger partial charge in [-0.05, 0) is 30.4 Å². The number of alkyl carbamates (subject to hydrolysis) is 1. The molecule has 0 unspecified atom stereocenters. The fourth-order valence-electron chi connectivity index (χ4n) is 2.26. The number of hydrogen-bond acceptors (Lipinski definition) is 5. The van der Waals surface area contributed by atoms with Crippen LogP contribution in [0.4, 0.5) is 4.79 Å². The van der Waals surface area contributed by atoms with Gasteiger partial charge in [0.2, 0.25) is 11.8 Å². The SMILES string of the molecule is CCC[C@@H](NC(=O)OCc1ccccc1)C(=O)N[C@H](CCSC)C(N)=O. The van der Waals surface area contributed by atoms with E-state index in [1.807, 2.05) is 43.5 Å². The van der Waals surface area contributed by atoms with E-state index in [1.54, 1.807) is 11.8 Å². The Balaban J connectivity index is 2.57. The van der Waals surface area contributed by atoms with E-state index in [4.69, 9.17) is 10.5 Å². The largest absolute Gasteiger partial charge is 0.445 e. The van der Waals surface area contributed by atoms with Gasteiger partial charge >= 0.3 is 6.09 Å². The Morgan fingerprint density at radius 2 is 1.81 bits per heavy atom. The number of primary amides is 1. The molecular formula is C18H27N3O4S. The van der Waals surface area contributed by atoms with Crippen LogP contribution in [0.2, 0.25) is 0 Å². The molecule has 0 fully saturated rings. The zero-order valence-electron chi connectivity index (χ0n) is 15.2. The first-order chi connectivity index (χ1) is 12.5. The van der Waals surface area contributed by atoms with Gasteiger partial charge in [0.25, 0.3) is 0 Å². The number of hydrogen-bond donors (Lipinski definition) is 3. The van der Waals surface area contributed by atoms with Gasteiger partial charge in [-0.15, -0.1) is 0 Å². The van der Waals surface area contributed by atoms with Crippen LogP contribution in [0.25, 0.3) is 0 Å². The van der Waals surface area contributed by atoms with Crippen molar-refractivity contribution in [2.45, 2.75) is 44.9 Å². The first-order valence-electron chi connectivity index (χ1n) is 8.53. The predicted molar refractivity (Wildman–Crippen MR) is 103 cm³/mol. The smallest absolute Gasteiger partial charge is 0.408 e. The van der Waals surface area contributed by atoms with Gasteiger partial charge in [-0.1, -0.05) is 43.7 Å². The summed E-state index contributed by atoms with van der Waals surface area (Å²) in [5, 5.41) is 5.18. The summed E-state index contributed by atoms with van der Waals surface area (Å²) < 4.78 is 5.15. The monoisotopic (exact) mass is 381 g/mol. The van der Waals surface area contributed by atoms with Crippen molar-refractivity contribution >= 4 is 29.7 Å². The zero-order valence-corrected chi connectivity index (χ0v) is 16.0. The van der Waals surface area contributed by atoms with Gasteiger partial charge in [0.1, 0.15) is 18.7 Å². The number of rotatable bonds is 11. The van der Waals surface area contributed by atoms with E-state index < -0.39 is 30.0 Å². The molecule has 144 valence electrons. The minimum Gasteiger partial charge on any atom is -0.445 e. The van der Waals surface area contributed by atoms with E-state index in [1.165, 1.54) is 0 Å². The van der Waals surface area contributed by atoms with Crippen molar-refractivity contribution in [2.75, 3.05) is 12.0 Å². The molecule has 0 aliphatic heterocycles. The molecule has 0 aliphatic rings. The van der Waals surface area contributed by atoms with Gasteiger partial charge in [0.05, 0.1) is 0 Å². The summed E-state index contributed by atoms with van der Waals surface area (Å²) in [5.41, 5.74) is 6.19. The van der Waals surface area contributed by atoms with Crippen LogP contribution in [0.5, 0.6) is 0 Å². The van der Waals surface area contributed by atoms with Gasteiger partial charge in [-0.3, -0.25) is 9.59 Å². The first kappa shape index (κ1) is 21.8. The molecule has 26 heavy (non-hydrogen) atoms. The second kappa shape index (κ2) is 12.2. The van der Waals surface area contributed by atoms with E-state index in [-0.39, 0.29) is 6.61 Å². The Labute approximate surface area is 158 Å². The average molecular weight is 381 g/mol. The van der Waals surface area contributed by atoms with E-state index in [2.05, 4.69) is 10.6 Å². The third kappa shape index (κ3) is 8.24. The second-order valence-electron chi connectivity index (χ2n) is 5.79. The first-order valence-corrected chi connectivity index (χ1v) is 9.93. The highest BCUT2D eigenvalue weighted by atomic mass is 32.2. The molecule has 0 spiro atoms. The van der Waals surface area contributed by atoms with E-state index in [0.717, 1.165) is 5.56 Å². The summed E-state index contributed by atoms with van der Waals surface area (Å²) in [7, 11) is 0. The Kier molecular flexibility index (Phi) is 10.2. The summed E-state index contributed by atoms with van der Waals surface area (Å²) in [4.78, 5) is 35.9. The Bertz CT molecular complexity index is 583. The van der Waals surface area contributed by atoms with Crippen molar-refractivity contribution in [1.82, 2.24) is 10.6 Å². The van der Waals surface area contributed by atoms with Crippen molar-refractivity contribution in [3.05, 3.63) is 35.9 Å². The molecule has 1 aromatic rings. The molecule has 0 aromatic heterocycles. The molecule has 7 nitrogen and oxygen atoms in total. The molecule has 0 saturated heterocycles. The van der Waals surface area contributed by atoms with Crippen molar-refractivity contribution < 1.29 is 19.1 Å². The number of thioether (sulfide) groups is 1. The fraction of sp³-hybridized carbons (Fsp3) is 0.500. The third-order valence-corrected chi connectivity index (χ3v) is 4.31. The van der Waals surface area contributed by atoms with Crippen LogP contribution in [0, 0.1) is 0 Å². The van der Waals surface area contributed by atoms with Crippen molar-refractivity contribution in [1.29, 1.82) is 0 Å². The molecule has 1 rings (SSSR count). The van der Waals surface area contributed by atoms with Gasteiger partial charge in [0, 0.05) is 0 Å². The average Bonchev–Trinajstić information content (AvgIpc) is 2.63. The summed E-state index contributed by atoms with van der Waals surface area (Å²) >= 11 is 1.56. The minimum absolute atomic E-state index is 0.116. The van der Waals surface area contributed by atoms with Crippen LogP contribution >= 0.6 is 11.8 Å². The Morgan fingerprint density at radius 1 is 1.12 bits per heavy atom. The van der Waals surface area contributed by atoms with Gasteiger partial charge in [0.15, 0.2) is 0 Å². The molecule has 8 heteroatoms. The minimum atomic E-state index is -0.778. The lowest BCUT2D eigenvalue weighted by Crippen LogP contribution is -2.53. The van der Waals surface area contributed by atoms with Crippen molar-refractivity contribution in [3.63, 3.8) is 0 Å². The molecular weight excluding hydrogens is 354 g/mol. The highest BCUT2D eigenvalue weighted by Gasteiger charge is 2.25. The molecule has 0 aliphatic carbocycles. The summed E-state index contributed by atoms with van der Waals surface area (Å²) in [5.74, 6) is -0.332. The molecule has 0 heterocycles. The van der Waals surface area contributed by atoms with E-state index >= 15 is 0 Å². The van der Waals surface area contributed by atoms with E-state index in [0.29, 0.717) is 25.0 Å². The summed E-state index contributed by atoms with van der Waals surface area (Å²) in [6.07, 6.45) is 2.79. The number of benzene rings is 1. The van der Waals surface area contributed by atoms with E-state index in [9.17, 15) is 14.4 Å². The van der Waals surface area contributed by atoms with Crippen molar-refractivity contribution in [3.8, 4) is 0 Å². The second-order valence-corrected chi connectivity index (χ2v) is 6.78. The quantitative estimate of drug-likeness (QED) is 0.541. The molecule has 1 aromatic carbocycles. The van der Waals surface area contributed by atoms with Gasteiger partial charge in [-0.25, -0.2) is 4.79 Å². The maximum atomic E-state index is 12.4. The standard InChI is InChI=1S/C18H27N3O4S/c1-3-7-15(17(23)20-14(16(19)22)10-11-26-2)21-18(24)25-12-13-8-5-4-6-9-13/h4-6,8-9,14-15H,3,7,10-12H2,1-2H3,(H2,19,22)(H,20,23)(H,21,24)/t14-,15-/m1/s1. The molecule has 4 N–H and O–H groups in total. The van der Waals surface area contributed by atoms with Crippen LogP contribution in [-0.2, 0) is 20.9 Å². The van der Waals surface area contributed by atoms with Gasteiger partial charge in [-0.2, -0.15) is 11.8 Å². The predicted octanol–water partition coefficient (Wildman–Crippen LogP) is 1.80. The topological polar surface area (TPSA) is 111 Å². The lowest BCUT2D eigenvalue weighted by Gasteiger charge is -2.21. The number of carbonyl (C=O) groups excluding carboxylic acids is 3.